The Morgan fingerprint density at radius 2 is 2.06 bits per heavy atom. The number of hydrogen-bond donors (Lipinski definition) is 1. The second-order valence-corrected chi connectivity index (χ2v) is 4.93. The van der Waals surface area contributed by atoms with E-state index in [-0.39, 0.29) is 0 Å². The third kappa shape index (κ3) is 2.95. The number of nitrogens with one attached hydrogen (secondary N) is 1. The van der Waals surface area contributed by atoms with Gasteiger partial charge < -0.3 is 10.2 Å². The second-order valence-electron chi connectivity index (χ2n) is 4.93. The van der Waals surface area contributed by atoms with Gasteiger partial charge in [0.05, 0.1) is 6.54 Å². The molecule has 2 saturated heterocycles. The van der Waals surface area contributed by atoms with Gasteiger partial charge in [-0.1, -0.05) is 13.3 Å². The number of carbonyl (C=O) groups is 1. The molecule has 1 N–H and O–H groups in total. The van der Waals surface area contributed by atoms with Crippen molar-refractivity contribution < 1.29 is 4.79 Å². The Labute approximate surface area is 98.0 Å². The molecule has 92 valence electrons. The quantitative estimate of drug-likeness (QED) is 0.743. The van der Waals surface area contributed by atoms with Crippen molar-refractivity contribution in [1.29, 1.82) is 0 Å². The van der Waals surface area contributed by atoms with Gasteiger partial charge in [-0.15, -0.1) is 0 Å². The zero-order valence-corrected chi connectivity index (χ0v) is 10.2. The molecule has 4 heteroatoms. The van der Waals surface area contributed by atoms with E-state index in [0.29, 0.717) is 12.5 Å². The fraction of sp³-hybridized carbons (Fsp3) is 0.917. The van der Waals surface area contributed by atoms with Crippen LogP contribution in [0.3, 0.4) is 0 Å². The molecule has 0 aromatic rings. The number of hydrogen-bond acceptors (Lipinski definition) is 3. The third-order valence-electron chi connectivity index (χ3n) is 3.78. The maximum Gasteiger partial charge on any atom is 0.236 e. The summed E-state index contributed by atoms with van der Waals surface area (Å²) in [5.41, 5.74) is 0. The molecule has 2 heterocycles. The molecule has 0 aromatic heterocycles. The van der Waals surface area contributed by atoms with Crippen LogP contribution in [0.4, 0.5) is 0 Å². The van der Waals surface area contributed by atoms with Crippen LogP contribution in [0.1, 0.15) is 19.8 Å². The summed E-state index contributed by atoms with van der Waals surface area (Å²) in [6, 6.07) is 0. The smallest absolute Gasteiger partial charge is 0.236 e. The van der Waals surface area contributed by atoms with Crippen molar-refractivity contribution >= 4 is 5.91 Å². The predicted molar refractivity (Wildman–Crippen MR) is 64.3 cm³/mol. The molecule has 1 amide bonds. The first-order valence-electron chi connectivity index (χ1n) is 6.50. The van der Waals surface area contributed by atoms with Crippen molar-refractivity contribution in [3.8, 4) is 0 Å². The van der Waals surface area contributed by atoms with Gasteiger partial charge in [0, 0.05) is 32.7 Å². The zero-order chi connectivity index (χ0) is 11.4. The molecule has 2 aliphatic rings. The second kappa shape index (κ2) is 5.64. The van der Waals surface area contributed by atoms with Gasteiger partial charge in [-0.2, -0.15) is 0 Å². The summed E-state index contributed by atoms with van der Waals surface area (Å²) in [6.07, 6.45) is 2.52. The van der Waals surface area contributed by atoms with E-state index in [1.54, 1.807) is 0 Å². The lowest BCUT2D eigenvalue weighted by Crippen LogP contribution is -2.49. The molecule has 2 aliphatic heterocycles. The van der Waals surface area contributed by atoms with Gasteiger partial charge in [-0.25, -0.2) is 0 Å². The van der Waals surface area contributed by atoms with Crippen LogP contribution < -0.4 is 5.32 Å². The predicted octanol–water partition coefficient (Wildman–Crippen LogP) is 0.150. The Morgan fingerprint density at radius 3 is 2.69 bits per heavy atom. The van der Waals surface area contributed by atoms with Gasteiger partial charge >= 0.3 is 0 Å². The number of rotatable bonds is 3. The zero-order valence-electron chi connectivity index (χ0n) is 10.2. The third-order valence-corrected chi connectivity index (χ3v) is 3.78. The first kappa shape index (κ1) is 11.9. The molecule has 0 saturated carbocycles. The topological polar surface area (TPSA) is 35.6 Å². The molecule has 0 bridgehead atoms. The summed E-state index contributed by atoms with van der Waals surface area (Å²) in [5.74, 6) is 1.13. The van der Waals surface area contributed by atoms with Crippen LogP contribution in [-0.4, -0.2) is 61.5 Å². The van der Waals surface area contributed by atoms with Gasteiger partial charge in [0.25, 0.3) is 0 Å². The van der Waals surface area contributed by atoms with E-state index in [1.807, 2.05) is 4.90 Å². The maximum absolute atomic E-state index is 12.0. The van der Waals surface area contributed by atoms with Crippen molar-refractivity contribution in [2.24, 2.45) is 5.92 Å². The van der Waals surface area contributed by atoms with Crippen LogP contribution in [0, 0.1) is 5.92 Å². The summed E-state index contributed by atoms with van der Waals surface area (Å²) < 4.78 is 0. The van der Waals surface area contributed by atoms with Crippen LogP contribution in [0.15, 0.2) is 0 Å². The van der Waals surface area contributed by atoms with Crippen molar-refractivity contribution in [3.05, 3.63) is 0 Å². The van der Waals surface area contributed by atoms with Gasteiger partial charge in [-0.05, 0) is 18.9 Å². The summed E-state index contributed by atoms with van der Waals surface area (Å²) in [4.78, 5) is 16.3. The molecule has 2 fully saturated rings. The Bertz CT molecular complexity index is 238. The minimum atomic E-state index is 0.318. The molecule has 0 spiro atoms. The van der Waals surface area contributed by atoms with Gasteiger partial charge in [0.2, 0.25) is 5.91 Å². The van der Waals surface area contributed by atoms with Gasteiger partial charge in [0.1, 0.15) is 0 Å². The molecule has 0 radical (unpaired) electrons. The molecule has 1 unspecified atom stereocenters. The largest absolute Gasteiger partial charge is 0.339 e. The van der Waals surface area contributed by atoms with Crippen molar-refractivity contribution in [2.75, 3.05) is 45.8 Å². The molecule has 0 aromatic carbocycles. The number of carbonyl (C=O) groups excluding carboxylic acids is 1. The van der Waals surface area contributed by atoms with E-state index in [0.717, 1.165) is 45.2 Å². The lowest BCUT2D eigenvalue weighted by molar-refractivity contribution is -0.132. The molecule has 16 heavy (non-hydrogen) atoms. The number of piperazine rings is 1. The fourth-order valence-corrected chi connectivity index (χ4v) is 2.60. The normalized spacial score (nSPS) is 27.3. The van der Waals surface area contributed by atoms with E-state index < -0.39 is 0 Å². The van der Waals surface area contributed by atoms with E-state index in [2.05, 4.69) is 17.1 Å². The van der Waals surface area contributed by atoms with Gasteiger partial charge in [-0.3, -0.25) is 9.69 Å². The van der Waals surface area contributed by atoms with Crippen molar-refractivity contribution in [1.82, 2.24) is 15.1 Å². The number of amides is 1. The first-order chi connectivity index (χ1) is 7.79. The first-order valence-corrected chi connectivity index (χ1v) is 6.50. The van der Waals surface area contributed by atoms with E-state index in [4.69, 9.17) is 0 Å². The average Bonchev–Trinajstić information content (AvgIpc) is 2.78. The summed E-state index contributed by atoms with van der Waals surface area (Å²) in [5, 5.41) is 3.27. The average molecular weight is 225 g/mol. The highest BCUT2D eigenvalue weighted by molar-refractivity contribution is 5.78. The summed E-state index contributed by atoms with van der Waals surface area (Å²) >= 11 is 0. The number of nitrogens with zero attached hydrogens (tertiary/aromatic N) is 2. The molecule has 0 aliphatic carbocycles. The summed E-state index contributed by atoms with van der Waals surface area (Å²) in [6.45, 7) is 8.76. The lowest BCUT2D eigenvalue weighted by atomic mass is 10.1. The minimum Gasteiger partial charge on any atom is -0.339 e. The van der Waals surface area contributed by atoms with Crippen LogP contribution in [0.2, 0.25) is 0 Å². The van der Waals surface area contributed by atoms with E-state index in [1.165, 1.54) is 12.8 Å². The SMILES string of the molecule is CCC1CCN(CC(=O)N2CCNCC2)C1. The molecule has 4 nitrogen and oxygen atoms in total. The highest BCUT2D eigenvalue weighted by Gasteiger charge is 2.25. The van der Waals surface area contributed by atoms with Crippen LogP contribution >= 0.6 is 0 Å². The fourth-order valence-electron chi connectivity index (χ4n) is 2.60. The lowest BCUT2D eigenvalue weighted by Gasteiger charge is -2.29. The standard InChI is InChI=1S/C12H23N3O/c1-2-11-3-6-14(9-11)10-12(16)15-7-4-13-5-8-15/h11,13H,2-10H2,1H3. The van der Waals surface area contributed by atoms with Gasteiger partial charge in [0.15, 0.2) is 0 Å². The van der Waals surface area contributed by atoms with Crippen LogP contribution in [0.5, 0.6) is 0 Å². The molecular formula is C12H23N3O. The molecular weight excluding hydrogens is 202 g/mol. The van der Waals surface area contributed by atoms with E-state index in [9.17, 15) is 4.79 Å². The molecule has 2 rings (SSSR count). The Morgan fingerprint density at radius 1 is 1.31 bits per heavy atom. The Balaban J connectivity index is 1.74. The Kier molecular flexibility index (Phi) is 4.18. The van der Waals surface area contributed by atoms with Crippen molar-refractivity contribution in [3.63, 3.8) is 0 Å². The summed E-state index contributed by atoms with van der Waals surface area (Å²) in [7, 11) is 0. The Hall–Kier alpha value is -0.610. The van der Waals surface area contributed by atoms with Crippen molar-refractivity contribution in [2.45, 2.75) is 19.8 Å². The number of likely N-dealkylation sites (tertiary alicyclic amines) is 1. The highest BCUT2D eigenvalue weighted by atomic mass is 16.2. The maximum atomic E-state index is 12.0. The molecule has 1 atom stereocenters. The van der Waals surface area contributed by atoms with E-state index >= 15 is 0 Å². The monoisotopic (exact) mass is 225 g/mol. The minimum absolute atomic E-state index is 0.318. The highest BCUT2D eigenvalue weighted by Crippen LogP contribution is 2.18. The van der Waals surface area contributed by atoms with Crippen LogP contribution in [0.25, 0.3) is 0 Å². The van der Waals surface area contributed by atoms with Crippen LogP contribution in [-0.2, 0) is 4.79 Å².